The predicted octanol–water partition coefficient (Wildman–Crippen LogP) is 1.91. The van der Waals surface area contributed by atoms with Crippen LogP contribution in [-0.4, -0.2) is 42.8 Å². The fraction of sp³-hybridized carbons (Fsp3) is 0.538. The van der Waals surface area contributed by atoms with Crippen molar-refractivity contribution in [1.29, 1.82) is 0 Å². The van der Waals surface area contributed by atoms with Gasteiger partial charge in [0.05, 0.1) is 7.11 Å². The number of rotatable bonds is 3. The van der Waals surface area contributed by atoms with Crippen molar-refractivity contribution in [1.82, 2.24) is 4.90 Å². The standard InChI is InChI=1S/C13H20N2O2/c1-9-6-11(8-15(9)2)14-10-4-5-13(17-3)12(16)7-10/h4-5,7,9,11,14,16H,6,8H2,1-3H3. The van der Waals surface area contributed by atoms with Crippen molar-refractivity contribution < 1.29 is 9.84 Å². The number of anilines is 1. The summed E-state index contributed by atoms with van der Waals surface area (Å²) in [4.78, 5) is 2.33. The minimum Gasteiger partial charge on any atom is -0.504 e. The normalized spacial score (nSPS) is 24.9. The van der Waals surface area contributed by atoms with Crippen LogP contribution in [0.4, 0.5) is 5.69 Å². The molecule has 4 nitrogen and oxygen atoms in total. The molecule has 4 heteroatoms. The summed E-state index contributed by atoms with van der Waals surface area (Å²) in [6.45, 7) is 3.27. The van der Waals surface area contributed by atoms with Gasteiger partial charge in [-0.3, -0.25) is 0 Å². The van der Waals surface area contributed by atoms with E-state index in [1.165, 1.54) is 0 Å². The fourth-order valence-electron chi connectivity index (χ4n) is 2.31. The lowest BCUT2D eigenvalue weighted by Gasteiger charge is -2.15. The molecule has 2 N–H and O–H groups in total. The first kappa shape index (κ1) is 12.0. The number of aromatic hydroxyl groups is 1. The lowest BCUT2D eigenvalue weighted by Crippen LogP contribution is -2.24. The molecule has 94 valence electrons. The summed E-state index contributed by atoms with van der Waals surface area (Å²) >= 11 is 0. The average molecular weight is 236 g/mol. The molecule has 1 fully saturated rings. The van der Waals surface area contributed by atoms with Gasteiger partial charge in [0.1, 0.15) is 0 Å². The van der Waals surface area contributed by atoms with Crippen molar-refractivity contribution >= 4 is 5.69 Å². The molecule has 1 saturated heterocycles. The zero-order chi connectivity index (χ0) is 12.4. The highest BCUT2D eigenvalue weighted by molar-refractivity contribution is 5.54. The number of ether oxygens (including phenoxy) is 1. The number of hydrogen-bond acceptors (Lipinski definition) is 4. The van der Waals surface area contributed by atoms with E-state index in [1.54, 1.807) is 19.2 Å². The van der Waals surface area contributed by atoms with Gasteiger partial charge in [0.15, 0.2) is 11.5 Å². The summed E-state index contributed by atoms with van der Waals surface area (Å²) < 4.78 is 5.02. The number of phenolic OH excluding ortho intramolecular Hbond substituents is 1. The van der Waals surface area contributed by atoms with E-state index in [1.807, 2.05) is 6.07 Å². The summed E-state index contributed by atoms with van der Waals surface area (Å²) in [5.74, 6) is 0.685. The number of nitrogens with one attached hydrogen (secondary N) is 1. The second kappa shape index (κ2) is 4.84. The molecular formula is C13H20N2O2. The number of methoxy groups -OCH3 is 1. The number of hydrogen-bond donors (Lipinski definition) is 2. The topological polar surface area (TPSA) is 44.7 Å². The summed E-state index contributed by atoms with van der Waals surface area (Å²) in [5, 5.41) is 13.1. The zero-order valence-electron chi connectivity index (χ0n) is 10.6. The lowest BCUT2D eigenvalue weighted by molar-refractivity contribution is 0.330. The van der Waals surface area contributed by atoms with E-state index in [0.717, 1.165) is 18.7 Å². The first-order valence-electron chi connectivity index (χ1n) is 5.94. The number of nitrogens with zero attached hydrogens (tertiary/aromatic N) is 1. The quantitative estimate of drug-likeness (QED) is 0.841. The maximum Gasteiger partial charge on any atom is 0.160 e. The highest BCUT2D eigenvalue weighted by Gasteiger charge is 2.25. The Morgan fingerprint density at radius 3 is 2.76 bits per heavy atom. The van der Waals surface area contributed by atoms with Gasteiger partial charge >= 0.3 is 0 Å². The third-order valence-electron chi connectivity index (χ3n) is 3.44. The Balaban J connectivity index is 2.02. The fourth-order valence-corrected chi connectivity index (χ4v) is 2.31. The molecule has 0 amide bonds. The molecule has 1 aromatic rings. The lowest BCUT2D eigenvalue weighted by atomic mass is 10.2. The average Bonchev–Trinajstić information content (AvgIpc) is 2.58. The van der Waals surface area contributed by atoms with Crippen LogP contribution in [0.25, 0.3) is 0 Å². The van der Waals surface area contributed by atoms with Gasteiger partial charge in [-0.2, -0.15) is 0 Å². The van der Waals surface area contributed by atoms with Crippen LogP contribution in [0, 0.1) is 0 Å². The van der Waals surface area contributed by atoms with E-state index in [2.05, 4.69) is 24.2 Å². The highest BCUT2D eigenvalue weighted by atomic mass is 16.5. The second-order valence-corrected chi connectivity index (χ2v) is 4.75. The summed E-state index contributed by atoms with van der Waals surface area (Å²) in [6.07, 6.45) is 1.13. The van der Waals surface area contributed by atoms with Crippen LogP contribution in [0.1, 0.15) is 13.3 Å². The molecule has 1 aromatic carbocycles. The van der Waals surface area contributed by atoms with Crippen molar-refractivity contribution in [2.45, 2.75) is 25.4 Å². The van der Waals surface area contributed by atoms with Crippen LogP contribution in [0.15, 0.2) is 18.2 Å². The molecule has 0 aromatic heterocycles. The van der Waals surface area contributed by atoms with Crippen LogP contribution in [0.2, 0.25) is 0 Å². The summed E-state index contributed by atoms with van der Waals surface area (Å²) in [7, 11) is 3.69. The van der Waals surface area contributed by atoms with Crippen LogP contribution >= 0.6 is 0 Å². The maximum atomic E-state index is 9.69. The molecule has 1 aliphatic rings. The highest BCUT2D eigenvalue weighted by Crippen LogP contribution is 2.29. The third kappa shape index (κ3) is 2.64. The van der Waals surface area contributed by atoms with Gasteiger partial charge in [0.25, 0.3) is 0 Å². The van der Waals surface area contributed by atoms with E-state index in [9.17, 15) is 5.11 Å². The molecule has 0 radical (unpaired) electrons. The van der Waals surface area contributed by atoms with Gasteiger partial charge in [-0.25, -0.2) is 0 Å². The van der Waals surface area contributed by atoms with Gasteiger partial charge < -0.3 is 20.1 Å². The monoisotopic (exact) mass is 236 g/mol. The van der Waals surface area contributed by atoms with Crippen molar-refractivity contribution in [3.63, 3.8) is 0 Å². The van der Waals surface area contributed by atoms with Crippen LogP contribution in [0.5, 0.6) is 11.5 Å². The van der Waals surface area contributed by atoms with Gasteiger partial charge in [-0.1, -0.05) is 0 Å². The first-order valence-corrected chi connectivity index (χ1v) is 5.94. The van der Waals surface area contributed by atoms with Crippen LogP contribution in [-0.2, 0) is 0 Å². The Hall–Kier alpha value is -1.42. The Kier molecular flexibility index (Phi) is 3.43. The van der Waals surface area contributed by atoms with E-state index in [0.29, 0.717) is 17.8 Å². The minimum atomic E-state index is 0.178. The van der Waals surface area contributed by atoms with E-state index >= 15 is 0 Å². The van der Waals surface area contributed by atoms with Crippen LogP contribution < -0.4 is 10.1 Å². The second-order valence-electron chi connectivity index (χ2n) is 4.75. The Labute approximate surface area is 102 Å². The maximum absolute atomic E-state index is 9.69. The molecule has 0 bridgehead atoms. The van der Waals surface area contributed by atoms with Crippen molar-refractivity contribution in [2.75, 3.05) is 26.0 Å². The number of benzene rings is 1. The van der Waals surface area contributed by atoms with Gasteiger partial charge in [0.2, 0.25) is 0 Å². The van der Waals surface area contributed by atoms with Gasteiger partial charge in [-0.15, -0.1) is 0 Å². The largest absolute Gasteiger partial charge is 0.504 e. The summed E-state index contributed by atoms with van der Waals surface area (Å²) in [6, 6.07) is 6.48. The Morgan fingerprint density at radius 1 is 1.47 bits per heavy atom. The van der Waals surface area contributed by atoms with Gasteiger partial charge in [0, 0.05) is 30.4 Å². The Bertz CT molecular complexity index is 385. The van der Waals surface area contributed by atoms with E-state index in [4.69, 9.17) is 4.74 Å². The van der Waals surface area contributed by atoms with Crippen molar-refractivity contribution in [3.05, 3.63) is 18.2 Å². The number of likely N-dealkylation sites (N-methyl/N-ethyl adjacent to an activating group) is 1. The Morgan fingerprint density at radius 2 is 2.24 bits per heavy atom. The van der Waals surface area contributed by atoms with Crippen molar-refractivity contribution in [3.8, 4) is 11.5 Å². The molecule has 1 heterocycles. The number of likely N-dealkylation sites (tertiary alicyclic amines) is 1. The molecule has 17 heavy (non-hydrogen) atoms. The molecule has 0 aliphatic carbocycles. The molecule has 2 unspecified atom stereocenters. The van der Waals surface area contributed by atoms with E-state index in [-0.39, 0.29) is 5.75 Å². The number of phenols is 1. The van der Waals surface area contributed by atoms with Crippen molar-refractivity contribution in [2.24, 2.45) is 0 Å². The van der Waals surface area contributed by atoms with E-state index < -0.39 is 0 Å². The zero-order valence-corrected chi connectivity index (χ0v) is 10.6. The predicted molar refractivity (Wildman–Crippen MR) is 68.8 cm³/mol. The summed E-state index contributed by atoms with van der Waals surface area (Å²) in [5.41, 5.74) is 0.941. The third-order valence-corrected chi connectivity index (χ3v) is 3.44. The smallest absolute Gasteiger partial charge is 0.160 e. The SMILES string of the molecule is COc1ccc(NC2CC(C)N(C)C2)cc1O. The molecule has 2 rings (SSSR count). The molecule has 0 spiro atoms. The molecule has 1 aliphatic heterocycles. The molecule has 2 atom stereocenters. The molecular weight excluding hydrogens is 216 g/mol. The molecule has 0 saturated carbocycles. The van der Waals surface area contributed by atoms with Crippen LogP contribution in [0.3, 0.4) is 0 Å². The first-order chi connectivity index (χ1) is 8.10. The minimum absolute atomic E-state index is 0.178. The van der Waals surface area contributed by atoms with Gasteiger partial charge in [-0.05, 0) is 32.5 Å².